The van der Waals surface area contributed by atoms with Crippen molar-refractivity contribution >= 4 is 27.9 Å². The van der Waals surface area contributed by atoms with Gasteiger partial charge in [-0.05, 0) is 78.5 Å². The smallest absolute Gasteiger partial charge is 0.0705 e. The molecule has 0 unspecified atom stereocenters. The zero-order chi connectivity index (χ0) is 39.9. The Morgan fingerprint density at radius 3 is 1.88 bits per heavy atom. The average Bonchev–Trinajstić information content (AvgIpc) is 3.52. The summed E-state index contributed by atoms with van der Waals surface area (Å²) in [5.74, 6) is 0. The molecule has 0 saturated heterocycles. The fourth-order valence-electron chi connectivity index (χ4n) is 9.03. The fraction of sp³-hybridized carbons (Fsp3) is 0.0536. The summed E-state index contributed by atoms with van der Waals surface area (Å²) in [7, 11) is 0. The lowest BCUT2D eigenvalue weighted by Crippen LogP contribution is -2.24. The molecule has 3 N–H and O–H groups in total. The van der Waals surface area contributed by atoms with Crippen molar-refractivity contribution < 1.29 is 0 Å². The number of anilines is 1. The van der Waals surface area contributed by atoms with Crippen LogP contribution in [0.25, 0.3) is 72.1 Å². The van der Waals surface area contributed by atoms with Crippen LogP contribution in [0.1, 0.15) is 30.5 Å². The summed E-state index contributed by atoms with van der Waals surface area (Å²) in [6.45, 7) is 4.68. The van der Waals surface area contributed by atoms with Crippen molar-refractivity contribution in [2.75, 3.05) is 5.43 Å². The lowest BCUT2D eigenvalue weighted by molar-refractivity contribution is 0.660. The highest BCUT2D eigenvalue weighted by Crippen LogP contribution is 2.50. The van der Waals surface area contributed by atoms with E-state index in [1.165, 1.54) is 49.7 Å². The van der Waals surface area contributed by atoms with Gasteiger partial charge in [0.15, 0.2) is 0 Å². The molecule has 10 rings (SSSR count). The van der Waals surface area contributed by atoms with Crippen LogP contribution in [-0.4, -0.2) is 5.71 Å². The maximum Gasteiger partial charge on any atom is 0.0705 e. The Labute approximate surface area is 346 Å². The number of hydrogen-bond donors (Lipinski definition) is 3. The zero-order valence-electron chi connectivity index (χ0n) is 33.1. The molecule has 3 nitrogen and oxygen atoms in total. The molecule has 0 aliphatic heterocycles. The van der Waals surface area contributed by atoms with Gasteiger partial charge in [0.2, 0.25) is 0 Å². The highest BCUT2D eigenvalue weighted by molar-refractivity contribution is 6.14. The van der Waals surface area contributed by atoms with Crippen molar-refractivity contribution in [3.63, 3.8) is 0 Å². The van der Waals surface area contributed by atoms with E-state index in [9.17, 15) is 0 Å². The minimum atomic E-state index is -0.103. The summed E-state index contributed by atoms with van der Waals surface area (Å²) in [5, 5.41) is 11.5. The Morgan fingerprint density at radius 2 is 1.05 bits per heavy atom. The van der Waals surface area contributed by atoms with E-state index in [2.05, 4.69) is 207 Å². The van der Waals surface area contributed by atoms with Gasteiger partial charge >= 0.3 is 0 Å². The predicted molar refractivity (Wildman–Crippen MR) is 249 cm³/mol. The SMILES string of the molecule is CC1(C)c2ccccc2-c2ccc(-c3ccccc3-c3cccc(-c4ccccc4)c3NN/C(=C3/C=CC=CC3=N)c3ccc(-c4cccc5ccccc45)cc3)cc21. The first-order valence-electron chi connectivity index (χ1n) is 20.3. The Hall–Kier alpha value is -7.49. The Kier molecular flexibility index (Phi) is 8.99. The first-order valence-corrected chi connectivity index (χ1v) is 20.3. The summed E-state index contributed by atoms with van der Waals surface area (Å²) >= 11 is 0. The summed E-state index contributed by atoms with van der Waals surface area (Å²) in [6, 6.07) is 65.3. The summed E-state index contributed by atoms with van der Waals surface area (Å²) < 4.78 is 0. The van der Waals surface area contributed by atoms with E-state index in [0.29, 0.717) is 5.71 Å². The van der Waals surface area contributed by atoms with Gasteiger partial charge in [-0.2, -0.15) is 0 Å². The van der Waals surface area contributed by atoms with Crippen LogP contribution in [0.15, 0.2) is 212 Å². The van der Waals surface area contributed by atoms with Gasteiger partial charge in [0.1, 0.15) is 0 Å². The van der Waals surface area contributed by atoms with Crippen LogP contribution >= 0.6 is 0 Å². The van der Waals surface area contributed by atoms with Gasteiger partial charge in [0.25, 0.3) is 0 Å². The molecule has 59 heavy (non-hydrogen) atoms. The minimum Gasteiger partial charge on any atom is -0.300 e. The van der Waals surface area contributed by atoms with Crippen LogP contribution in [-0.2, 0) is 5.41 Å². The summed E-state index contributed by atoms with van der Waals surface area (Å²) in [6.07, 6.45) is 7.77. The molecular weight excluding hydrogens is 715 g/mol. The molecule has 2 aliphatic carbocycles. The number of rotatable bonds is 8. The second-order valence-electron chi connectivity index (χ2n) is 15.8. The second kappa shape index (κ2) is 14.8. The molecule has 0 aromatic heterocycles. The maximum absolute atomic E-state index is 9.01. The monoisotopic (exact) mass is 757 g/mol. The molecule has 0 radical (unpaired) electrons. The number of hydrogen-bond acceptors (Lipinski definition) is 3. The number of nitrogens with one attached hydrogen (secondary N) is 3. The lowest BCUT2D eigenvalue weighted by atomic mass is 9.81. The Balaban J connectivity index is 1.08. The number of para-hydroxylation sites is 1. The van der Waals surface area contributed by atoms with E-state index in [1.807, 2.05) is 24.3 Å². The number of fused-ring (bicyclic) bond motifs is 4. The molecule has 3 heteroatoms. The standard InChI is InChI=1S/C56H43N3/c1-56(2)51-28-12-10-23-47(51)48-35-34-41(36-52(48)56)44-21-8-9-22-46(44)49-27-15-26-45(38-16-4-3-5-17-38)55(49)59-58-54(50-24-11-13-29-53(50)57)40-32-30-39(31-33-40)43-25-14-19-37-18-6-7-20-42(37)43/h3-36,57-59H,1-2H3/b54-50-,57-53?. The molecule has 0 amide bonds. The van der Waals surface area contributed by atoms with Gasteiger partial charge in [-0.1, -0.05) is 208 Å². The molecule has 0 heterocycles. The molecule has 8 aromatic carbocycles. The average molecular weight is 758 g/mol. The van der Waals surface area contributed by atoms with E-state index in [1.54, 1.807) is 0 Å². The van der Waals surface area contributed by atoms with E-state index in [4.69, 9.17) is 5.41 Å². The molecular formula is C56H43N3. The van der Waals surface area contributed by atoms with Crippen molar-refractivity contribution in [1.29, 1.82) is 5.41 Å². The van der Waals surface area contributed by atoms with E-state index in [0.717, 1.165) is 50.3 Å². The van der Waals surface area contributed by atoms with Gasteiger partial charge in [-0.3, -0.25) is 10.9 Å². The molecule has 0 bridgehead atoms. The maximum atomic E-state index is 9.01. The van der Waals surface area contributed by atoms with Gasteiger partial charge in [-0.25, -0.2) is 0 Å². The van der Waals surface area contributed by atoms with Gasteiger partial charge in [0.05, 0.1) is 17.1 Å². The first-order chi connectivity index (χ1) is 29.0. The second-order valence-corrected chi connectivity index (χ2v) is 15.8. The molecule has 282 valence electrons. The molecule has 0 spiro atoms. The molecule has 0 atom stereocenters. The van der Waals surface area contributed by atoms with E-state index in [-0.39, 0.29) is 5.41 Å². The summed E-state index contributed by atoms with van der Waals surface area (Å²) in [4.78, 5) is 0. The Bertz CT molecular complexity index is 3010. The number of hydrazine groups is 1. The quantitative estimate of drug-likeness (QED) is 0.135. The van der Waals surface area contributed by atoms with Gasteiger partial charge < -0.3 is 5.41 Å². The van der Waals surface area contributed by atoms with Crippen molar-refractivity contribution in [2.45, 2.75) is 19.3 Å². The van der Waals surface area contributed by atoms with Crippen LogP contribution in [0.4, 0.5) is 5.69 Å². The first kappa shape index (κ1) is 35.9. The topological polar surface area (TPSA) is 47.9 Å². The lowest BCUT2D eigenvalue weighted by Gasteiger charge is -2.24. The third kappa shape index (κ3) is 6.38. The van der Waals surface area contributed by atoms with Crippen molar-refractivity contribution in [3.05, 3.63) is 229 Å². The minimum absolute atomic E-state index is 0.103. The Morgan fingerprint density at radius 1 is 0.458 bits per heavy atom. The van der Waals surface area contributed by atoms with Crippen LogP contribution in [0.2, 0.25) is 0 Å². The van der Waals surface area contributed by atoms with Gasteiger partial charge in [0, 0.05) is 27.7 Å². The number of allylic oxidation sites excluding steroid dienone is 5. The van der Waals surface area contributed by atoms with E-state index < -0.39 is 0 Å². The van der Waals surface area contributed by atoms with Gasteiger partial charge in [-0.15, -0.1) is 0 Å². The summed E-state index contributed by atoms with van der Waals surface area (Å²) in [5.41, 5.74) is 25.7. The largest absolute Gasteiger partial charge is 0.300 e. The van der Waals surface area contributed by atoms with E-state index >= 15 is 0 Å². The molecule has 8 aromatic rings. The highest BCUT2D eigenvalue weighted by atomic mass is 15.4. The number of benzene rings is 8. The predicted octanol–water partition coefficient (Wildman–Crippen LogP) is 14.3. The third-order valence-electron chi connectivity index (χ3n) is 12.0. The molecule has 2 aliphatic rings. The zero-order valence-corrected chi connectivity index (χ0v) is 33.1. The van der Waals surface area contributed by atoms with Crippen LogP contribution in [0, 0.1) is 5.41 Å². The van der Waals surface area contributed by atoms with Crippen LogP contribution in [0.5, 0.6) is 0 Å². The third-order valence-corrected chi connectivity index (χ3v) is 12.0. The molecule has 0 saturated carbocycles. The van der Waals surface area contributed by atoms with Crippen LogP contribution < -0.4 is 10.9 Å². The van der Waals surface area contributed by atoms with Crippen LogP contribution in [0.3, 0.4) is 0 Å². The highest BCUT2D eigenvalue weighted by Gasteiger charge is 2.35. The van der Waals surface area contributed by atoms with Crippen molar-refractivity contribution in [2.24, 2.45) is 0 Å². The fourth-order valence-corrected chi connectivity index (χ4v) is 9.03. The normalized spacial score (nSPS) is 14.5. The van der Waals surface area contributed by atoms with Crippen molar-refractivity contribution in [3.8, 4) is 55.6 Å². The molecule has 0 fully saturated rings. The van der Waals surface area contributed by atoms with Crippen molar-refractivity contribution in [1.82, 2.24) is 5.43 Å².